The lowest BCUT2D eigenvalue weighted by molar-refractivity contribution is 0.455. The number of rotatable bonds is 4. The minimum Gasteiger partial charge on any atom is -0.295 e. The number of benzene rings is 1. The van der Waals surface area contributed by atoms with Crippen LogP contribution in [-0.4, -0.2) is 18.3 Å². The molecule has 2 N–H and O–H groups in total. The standard InChI is InChI=1S/C9H13NO3S/c1-8(14(11,12)13)10-7-9-5-3-2-4-6-9/h2-6,8,10H,7H2,1H3,(H,11,12,13). The van der Waals surface area contributed by atoms with Gasteiger partial charge in [0.15, 0.2) is 0 Å². The summed E-state index contributed by atoms with van der Waals surface area (Å²) in [7, 11) is -3.98. The molecule has 0 aliphatic rings. The van der Waals surface area contributed by atoms with Gasteiger partial charge in [-0.2, -0.15) is 8.42 Å². The number of nitrogens with one attached hydrogen (secondary N) is 1. The molecule has 0 fully saturated rings. The van der Waals surface area contributed by atoms with Crippen LogP contribution in [-0.2, 0) is 16.7 Å². The van der Waals surface area contributed by atoms with Crippen LogP contribution in [0.15, 0.2) is 30.3 Å². The Morgan fingerprint density at radius 1 is 1.36 bits per heavy atom. The Hall–Kier alpha value is -0.910. The zero-order chi connectivity index (χ0) is 10.6. The molecule has 0 bridgehead atoms. The lowest BCUT2D eigenvalue weighted by atomic mass is 10.2. The van der Waals surface area contributed by atoms with E-state index in [2.05, 4.69) is 5.32 Å². The van der Waals surface area contributed by atoms with E-state index in [9.17, 15) is 8.42 Å². The molecule has 0 aliphatic carbocycles. The van der Waals surface area contributed by atoms with Gasteiger partial charge in [0.05, 0.1) is 0 Å². The lowest BCUT2D eigenvalue weighted by Crippen LogP contribution is -2.32. The van der Waals surface area contributed by atoms with Crippen LogP contribution in [0.3, 0.4) is 0 Å². The van der Waals surface area contributed by atoms with Gasteiger partial charge in [0.25, 0.3) is 10.1 Å². The summed E-state index contributed by atoms with van der Waals surface area (Å²) in [4.78, 5) is 0. The van der Waals surface area contributed by atoms with Crippen molar-refractivity contribution in [1.82, 2.24) is 5.32 Å². The Kier molecular flexibility index (Phi) is 3.62. The van der Waals surface area contributed by atoms with Gasteiger partial charge in [-0.1, -0.05) is 30.3 Å². The van der Waals surface area contributed by atoms with Crippen molar-refractivity contribution in [1.29, 1.82) is 0 Å². The topological polar surface area (TPSA) is 66.4 Å². The Morgan fingerprint density at radius 2 is 1.93 bits per heavy atom. The molecule has 0 aromatic heterocycles. The maximum Gasteiger partial charge on any atom is 0.280 e. The fourth-order valence-corrected chi connectivity index (χ4v) is 1.26. The zero-order valence-corrected chi connectivity index (χ0v) is 8.66. The third-order valence-electron chi connectivity index (χ3n) is 1.88. The predicted octanol–water partition coefficient (Wildman–Crippen LogP) is 1.01. The number of hydrogen-bond donors (Lipinski definition) is 2. The summed E-state index contributed by atoms with van der Waals surface area (Å²) in [5.41, 5.74) is 0.975. The van der Waals surface area contributed by atoms with Crippen LogP contribution >= 0.6 is 0 Å². The molecule has 0 aliphatic heterocycles. The molecule has 4 nitrogen and oxygen atoms in total. The Morgan fingerprint density at radius 3 is 2.43 bits per heavy atom. The molecule has 0 saturated carbocycles. The molecular formula is C9H13NO3S. The highest BCUT2D eigenvalue weighted by atomic mass is 32.2. The zero-order valence-electron chi connectivity index (χ0n) is 7.84. The van der Waals surface area contributed by atoms with Crippen LogP contribution in [0.25, 0.3) is 0 Å². The summed E-state index contributed by atoms with van der Waals surface area (Å²) in [5, 5.41) is 1.76. The van der Waals surface area contributed by atoms with Crippen LogP contribution in [0.1, 0.15) is 12.5 Å². The second kappa shape index (κ2) is 4.54. The second-order valence-corrected chi connectivity index (χ2v) is 4.76. The smallest absolute Gasteiger partial charge is 0.280 e. The molecule has 1 unspecified atom stereocenters. The third kappa shape index (κ3) is 3.45. The number of hydrogen-bond acceptors (Lipinski definition) is 3. The van der Waals surface area contributed by atoms with Gasteiger partial charge in [0, 0.05) is 6.54 Å². The molecule has 1 aromatic carbocycles. The van der Waals surface area contributed by atoms with Gasteiger partial charge in [0.1, 0.15) is 5.37 Å². The van der Waals surface area contributed by atoms with Gasteiger partial charge < -0.3 is 0 Å². The molecule has 14 heavy (non-hydrogen) atoms. The molecule has 1 atom stereocenters. The van der Waals surface area contributed by atoms with Crippen molar-refractivity contribution in [2.75, 3.05) is 0 Å². The van der Waals surface area contributed by atoms with Crippen LogP contribution in [0.5, 0.6) is 0 Å². The molecular weight excluding hydrogens is 202 g/mol. The van der Waals surface area contributed by atoms with E-state index in [1.807, 2.05) is 30.3 Å². The van der Waals surface area contributed by atoms with Crippen molar-refractivity contribution in [2.45, 2.75) is 18.8 Å². The first-order chi connectivity index (χ1) is 6.50. The minimum absolute atomic E-state index is 0.418. The first kappa shape index (κ1) is 11.2. The molecule has 1 aromatic rings. The second-order valence-electron chi connectivity index (χ2n) is 3.02. The summed E-state index contributed by atoms with van der Waals surface area (Å²) in [6.45, 7) is 1.82. The Labute approximate surface area is 83.7 Å². The van der Waals surface area contributed by atoms with Gasteiger partial charge in [0.2, 0.25) is 0 Å². The maximum atomic E-state index is 10.6. The predicted molar refractivity (Wildman–Crippen MR) is 54.3 cm³/mol. The molecule has 5 heteroatoms. The summed E-state index contributed by atoms with van der Waals surface area (Å²) in [6, 6.07) is 9.38. The maximum absolute atomic E-state index is 10.6. The van der Waals surface area contributed by atoms with Gasteiger partial charge in [-0.3, -0.25) is 9.87 Å². The van der Waals surface area contributed by atoms with E-state index in [1.54, 1.807) is 0 Å². The normalized spacial score (nSPS) is 13.9. The minimum atomic E-state index is -3.98. The fourth-order valence-electron chi connectivity index (χ4n) is 0.963. The average molecular weight is 215 g/mol. The average Bonchev–Trinajstić information content (AvgIpc) is 2.14. The first-order valence-corrected chi connectivity index (χ1v) is 5.74. The van der Waals surface area contributed by atoms with E-state index in [-0.39, 0.29) is 0 Å². The highest BCUT2D eigenvalue weighted by molar-refractivity contribution is 7.86. The summed E-state index contributed by atoms with van der Waals surface area (Å²) in [6.07, 6.45) is 0. The van der Waals surface area contributed by atoms with E-state index >= 15 is 0 Å². The highest BCUT2D eigenvalue weighted by Gasteiger charge is 2.15. The molecule has 1 rings (SSSR count). The Balaban J connectivity index is 2.50. The van der Waals surface area contributed by atoms with Gasteiger partial charge in [-0.05, 0) is 12.5 Å². The van der Waals surface area contributed by atoms with E-state index in [0.717, 1.165) is 5.56 Å². The SMILES string of the molecule is CC(NCc1ccccc1)S(=O)(=O)O. The molecule has 0 saturated heterocycles. The summed E-state index contributed by atoms with van der Waals surface area (Å²) < 4.78 is 30.0. The van der Waals surface area contributed by atoms with E-state index in [4.69, 9.17) is 4.55 Å². The van der Waals surface area contributed by atoms with Crippen LogP contribution < -0.4 is 5.32 Å². The van der Waals surface area contributed by atoms with Crippen molar-refractivity contribution in [2.24, 2.45) is 0 Å². The van der Waals surface area contributed by atoms with Gasteiger partial charge in [-0.15, -0.1) is 0 Å². The Bertz CT molecular complexity index is 374. The quantitative estimate of drug-likeness (QED) is 0.736. The van der Waals surface area contributed by atoms with Crippen molar-refractivity contribution >= 4 is 10.1 Å². The van der Waals surface area contributed by atoms with Crippen LogP contribution in [0, 0.1) is 0 Å². The van der Waals surface area contributed by atoms with Crippen molar-refractivity contribution < 1.29 is 13.0 Å². The molecule has 0 spiro atoms. The first-order valence-electron chi connectivity index (χ1n) is 4.24. The van der Waals surface area contributed by atoms with Crippen molar-refractivity contribution in [3.05, 3.63) is 35.9 Å². The lowest BCUT2D eigenvalue weighted by Gasteiger charge is -2.10. The van der Waals surface area contributed by atoms with Gasteiger partial charge in [-0.25, -0.2) is 0 Å². The third-order valence-corrected chi connectivity index (χ3v) is 2.94. The van der Waals surface area contributed by atoms with Gasteiger partial charge >= 0.3 is 0 Å². The summed E-state index contributed by atoms with van der Waals surface area (Å²) in [5.74, 6) is 0. The summed E-state index contributed by atoms with van der Waals surface area (Å²) >= 11 is 0. The molecule has 0 radical (unpaired) electrons. The molecule has 78 valence electrons. The monoisotopic (exact) mass is 215 g/mol. The van der Waals surface area contributed by atoms with Crippen molar-refractivity contribution in [3.63, 3.8) is 0 Å². The van der Waals surface area contributed by atoms with Crippen LogP contribution in [0.2, 0.25) is 0 Å². The largest absolute Gasteiger partial charge is 0.295 e. The van der Waals surface area contributed by atoms with Crippen LogP contribution in [0.4, 0.5) is 0 Å². The van der Waals surface area contributed by atoms with E-state index in [0.29, 0.717) is 6.54 Å². The fraction of sp³-hybridized carbons (Fsp3) is 0.333. The van der Waals surface area contributed by atoms with E-state index < -0.39 is 15.5 Å². The van der Waals surface area contributed by atoms with E-state index in [1.165, 1.54) is 6.92 Å². The molecule has 0 heterocycles. The highest BCUT2D eigenvalue weighted by Crippen LogP contribution is 2.00. The molecule has 0 amide bonds. The van der Waals surface area contributed by atoms with Crippen molar-refractivity contribution in [3.8, 4) is 0 Å².